The van der Waals surface area contributed by atoms with Crippen molar-refractivity contribution in [3.8, 4) is 0 Å². The molecule has 2 atom stereocenters. The first-order valence-corrected chi connectivity index (χ1v) is 21.3. The van der Waals surface area contributed by atoms with Crippen LogP contribution in [0.2, 0.25) is 0 Å². The Morgan fingerprint density at radius 1 is 0.592 bits per heavy atom. The van der Waals surface area contributed by atoms with E-state index in [0.29, 0.717) is 12.8 Å². The Bertz CT molecular complexity index is 866. The van der Waals surface area contributed by atoms with Gasteiger partial charge in [-0.15, -0.1) is 0 Å². The summed E-state index contributed by atoms with van der Waals surface area (Å²) in [6, 6.07) is 0. The molecule has 0 aliphatic carbocycles. The Morgan fingerprint density at radius 3 is 1.47 bits per heavy atom. The minimum absolute atomic E-state index is 0.0117. The summed E-state index contributed by atoms with van der Waals surface area (Å²) in [4.78, 5) is 36.8. The highest BCUT2D eigenvalue weighted by atomic mass is 31.2. The molecule has 0 aliphatic rings. The molecular weight excluding hydrogens is 641 g/mol. The van der Waals surface area contributed by atoms with Crippen LogP contribution < -0.4 is 10.6 Å². The van der Waals surface area contributed by atoms with Gasteiger partial charge in [0.25, 0.3) is 7.82 Å². The molecule has 0 aromatic rings. The summed E-state index contributed by atoms with van der Waals surface area (Å²) in [7, 11) is -4.62. The smallest absolute Gasteiger partial charge is 0.306 e. The number of ether oxygens (including phenoxy) is 2. The molecule has 1 unspecified atom stereocenters. The molecule has 49 heavy (non-hydrogen) atoms. The summed E-state index contributed by atoms with van der Waals surface area (Å²) in [6.07, 6.45) is 36.1. The molecule has 10 heteroatoms. The van der Waals surface area contributed by atoms with Crippen molar-refractivity contribution in [2.24, 2.45) is 5.73 Å². The maximum Gasteiger partial charge on any atom is 0.306 e. The van der Waals surface area contributed by atoms with E-state index >= 15 is 0 Å². The first-order valence-electron chi connectivity index (χ1n) is 19.8. The molecule has 0 rings (SSSR count). The van der Waals surface area contributed by atoms with Gasteiger partial charge in [-0.2, -0.15) is 0 Å². The zero-order chi connectivity index (χ0) is 36.1. The van der Waals surface area contributed by atoms with Crippen molar-refractivity contribution < 1.29 is 37.6 Å². The van der Waals surface area contributed by atoms with Crippen LogP contribution in [0.1, 0.15) is 181 Å². The summed E-state index contributed by atoms with van der Waals surface area (Å²) < 4.78 is 32.3. The number of carbonyl (C=O) groups excluding carboxylic acids is 2. The van der Waals surface area contributed by atoms with Gasteiger partial charge in [0, 0.05) is 19.4 Å². The first-order chi connectivity index (χ1) is 23.8. The molecule has 0 aliphatic heterocycles. The molecule has 0 fully saturated rings. The third-order valence-corrected chi connectivity index (χ3v) is 9.26. The minimum atomic E-state index is -4.62. The predicted octanol–water partition coefficient (Wildman–Crippen LogP) is 10.2. The zero-order valence-corrected chi connectivity index (χ0v) is 32.3. The molecule has 0 heterocycles. The second kappa shape index (κ2) is 36.3. The summed E-state index contributed by atoms with van der Waals surface area (Å²) in [5.74, 6) is -0.883. The average molecular weight is 715 g/mol. The number of phosphoric acid groups is 1. The molecule has 0 aromatic carbocycles. The van der Waals surface area contributed by atoms with Crippen molar-refractivity contribution in [3.05, 3.63) is 24.3 Å². The zero-order valence-electron chi connectivity index (χ0n) is 31.4. The van der Waals surface area contributed by atoms with E-state index in [4.69, 9.17) is 19.7 Å². The molecule has 0 radical (unpaired) electrons. The lowest BCUT2D eigenvalue weighted by atomic mass is 10.1. The molecule has 288 valence electrons. The highest BCUT2D eigenvalue weighted by Crippen LogP contribution is 2.38. The fourth-order valence-corrected chi connectivity index (χ4v) is 6.07. The largest absolute Gasteiger partial charge is 0.756 e. The number of hydrogen-bond acceptors (Lipinski definition) is 9. The number of carbonyl (C=O) groups is 2. The number of unbranched alkanes of at least 4 members (excludes halogenated alkanes) is 20. The van der Waals surface area contributed by atoms with E-state index in [9.17, 15) is 19.0 Å². The van der Waals surface area contributed by atoms with Gasteiger partial charge in [-0.25, -0.2) is 0 Å². The predicted molar refractivity (Wildman–Crippen MR) is 199 cm³/mol. The van der Waals surface area contributed by atoms with Gasteiger partial charge in [0.05, 0.1) is 13.2 Å². The van der Waals surface area contributed by atoms with Gasteiger partial charge in [0.2, 0.25) is 0 Å². The van der Waals surface area contributed by atoms with Crippen LogP contribution in [0.25, 0.3) is 0 Å². The SMILES string of the molecule is CCCCCC/C=C\CCCCCCCC(=O)O[C@H](COC(=O)CCCCCCC/C=C\CCCCCCCC)COP(=O)([O-])OCCN. The average Bonchev–Trinajstić information content (AvgIpc) is 3.08. The molecule has 0 aromatic heterocycles. The van der Waals surface area contributed by atoms with Gasteiger partial charge in [-0.1, -0.05) is 128 Å². The van der Waals surface area contributed by atoms with Crippen LogP contribution in [-0.2, 0) is 32.7 Å². The van der Waals surface area contributed by atoms with Gasteiger partial charge < -0.3 is 29.1 Å². The standard InChI is InChI=1S/C39H74NO8P/c1-3-5-7-9-11-13-15-17-18-20-21-23-25-27-29-31-38(41)45-35-37(36-47-49(43,44)46-34-33-40)48-39(42)32-30-28-26-24-22-19-16-14-12-10-8-6-4-2/h14,16-18,37H,3-13,15,19-36,40H2,1-2H3,(H,43,44)/p-1/b16-14-,18-17-/t37-/m1/s1. The fourth-order valence-electron chi connectivity index (χ4n) is 5.32. The summed E-state index contributed by atoms with van der Waals surface area (Å²) in [6.45, 7) is 3.49. The van der Waals surface area contributed by atoms with Crippen molar-refractivity contribution in [2.45, 2.75) is 187 Å². The fraction of sp³-hybridized carbons (Fsp3) is 0.846. The normalized spacial score (nSPS) is 13.6. The van der Waals surface area contributed by atoms with Gasteiger partial charge in [0.15, 0.2) is 6.10 Å². The molecule has 2 N–H and O–H groups in total. The van der Waals surface area contributed by atoms with Crippen LogP contribution in [0.15, 0.2) is 24.3 Å². The van der Waals surface area contributed by atoms with E-state index in [0.717, 1.165) is 70.6 Å². The summed E-state index contributed by atoms with van der Waals surface area (Å²) >= 11 is 0. The molecule has 9 nitrogen and oxygen atoms in total. The van der Waals surface area contributed by atoms with Crippen LogP contribution >= 0.6 is 7.82 Å². The van der Waals surface area contributed by atoms with E-state index in [1.807, 2.05) is 0 Å². The Hall–Kier alpha value is -1.51. The lowest BCUT2D eigenvalue weighted by molar-refractivity contribution is -0.228. The van der Waals surface area contributed by atoms with E-state index in [-0.39, 0.29) is 32.6 Å². The molecule has 0 saturated carbocycles. The molecule has 0 saturated heterocycles. The van der Waals surface area contributed by atoms with Crippen molar-refractivity contribution in [3.63, 3.8) is 0 Å². The second-order valence-electron chi connectivity index (χ2n) is 13.1. The summed E-state index contributed by atoms with van der Waals surface area (Å²) in [5.41, 5.74) is 5.30. The van der Waals surface area contributed by atoms with Crippen molar-refractivity contribution in [1.29, 1.82) is 0 Å². The third kappa shape index (κ3) is 36.1. The van der Waals surface area contributed by atoms with E-state index in [1.165, 1.54) is 70.6 Å². The number of hydrogen-bond donors (Lipinski definition) is 1. The van der Waals surface area contributed by atoms with Crippen LogP contribution in [0.4, 0.5) is 0 Å². The minimum Gasteiger partial charge on any atom is -0.756 e. The Morgan fingerprint density at radius 2 is 1.00 bits per heavy atom. The van der Waals surface area contributed by atoms with Crippen LogP contribution in [0.3, 0.4) is 0 Å². The number of allylic oxidation sites excluding steroid dienone is 4. The quantitative estimate of drug-likeness (QED) is 0.0288. The third-order valence-electron chi connectivity index (χ3n) is 8.30. The highest BCUT2D eigenvalue weighted by molar-refractivity contribution is 7.45. The number of nitrogens with two attached hydrogens (primary N) is 1. The lowest BCUT2D eigenvalue weighted by Gasteiger charge is -2.25. The number of esters is 2. The number of phosphoric ester groups is 1. The first kappa shape index (κ1) is 47.5. The molecule has 0 amide bonds. The maximum atomic E-state index is 12.5. The van der Waals surface area contributed by atoms with E-state index in [1.54, 1.807) is 0 Å². The Labute approximate surface area is 300 Å². The van der Waals surface area contributed by atoms with E-state index < -0.39 is 32.5 Å². The Balaban J connectivity index is 4.22. The Kier molecular flexibility index (Phi) is 35.2. The summed E-state index contributed by atoms with van der Waals surface area (Å²) in [5, 5.41) is 0. The van der Waals surface area contributed by atoms with Gasteiger partial charge >= 0.3 is 11.9 Å². The van der Waals surface area contributed by atoms with Crippen LogP contribution in [0, 0.1) is 0 Å². The molecule has 0 spiro atoms. The van der Waals surface area contributed by atoms with Gasteiger partial charge in [0.1, 0.15) is 6.61 Å². The van der Waals surface area contributed by atoms with Crippen LogP contribution in [-0.4, -0.2) is 44.4 Å². The van der Waals surface area contributed by atoms with E-state index in [2.05, 4.69) is 42.7 Å². The maximum absolute atomic E-state index is 12.5. The van der Waals surface area contributed by atoms with Gasteiger partial charge in [-0.05, 0) is 64.2 Å². The van der Waals surface area contributed by atoms with Gasteiger partial charge in [-0.3, -0.25) is 14.2 Å². The monoisotopic (exact) mass is 715 g/mol. The number of rotatable bonds is 37. The van der Waals surface area contributed by atoms with Crippen LogP contribution in [0.5, 0.6) is 0 Å². The lowest BCUT2D eigenvalue weighted by Crippen LogP contribution is -2.30. The molecular formula is C39H73NO8P-. The second-order valence-corrected chi connectivity index (χ2v) is 14.5. The van der Waals surface area contributed by atoms with Crippen molar-refractivity contribution in [2.75, 3.05) is 26.4 Å². The molecule has 0 bridgehead atoms. The van der Waals surface area contributed by atoms with Crippen molar-refractivity contribution >= 4 is 19.8 Å². The highest BCUT2D eigenvalue weighted by Gasteiger charge is 2.21. The van der Waals surface area contributed by atoms with Crippen molar-refractivity contribution in [1.82, 2.24) is 0 Å². The topological polar surface area (TPSA) is 137 Å².